The topological polar surface area (TPSA) is 59.3 Å². The monoisotopic (exact) mass is 391 g/mol. The van der Waals surface area contributed by atoms with Gasteiger partial charge >= 0.3 is 0 Å². The number of halogens is 2. The van der Waals surface area contributed by atoms with Gasteiger partial charge in [-0.05, 0) is 29.8 Å². The smallest absolute Gasteiger partial charge is 0.130 e. The highest BCUT2D eigenvalue weighted by molar-refractivity contribution is 5.85. The molecule has 2 atom stereocenters. The average molecular weight is 392 g/mol. The lowest BCUT2D eigenvalue weighted by molar-refractivity contribution is 0.104. The fourth-order valence-corrected chi connectivity index (χ4v) is 2.72. The molecule has 0 aliphatic carbocycles. The van der Waals surface area contributed by atoms with Crippen LogP contribution in [-0.4, -0.2) is 33.9 Å². The summed E-state index contributed by atoms with van der Waals surface area (Å²) in [6.07, 6.45) is 2.81. The average Bonchev–Trinajstić information content (AvgIpc) is 3.07. The maximum atomic E-state index is 13.7. The molecule has 0 fully saturated rings. The van der Waals surface area contributed by atoms with Crippen molar-refractivity contribution in [2.24, 2.45) is 7.05 Å². The fraction of sp³-hybridized carbons (Fsp3) is 0.250. The molecular weight excluding hydrogens is 369 g/mol. The van der Waals surface area contributed by atoms with Crippen LogP contribution in [0.15, 0.2) is 67.0 Å². The van der Waals surface area contributed by atoms with Crippen LogP contribution in [0.2, 0.25) is 0 Å². The van der Waals surface area contributed by atoms with E-state index in [9.17, 15) is 9.50 Å². The van der Waals surface area contributed by atoms with Crippen molar-refractivity contribution in [1.29, 1.82) is 0 Å². The molecule has 27 heavy (non-hydrogen) atoms. The number of hydrogen-bond donors (Lipinski definition) is 2. The van der Waals surface area contributed by atoms with Crippen LogP contribution in [-0.2, 0) is 7.05 Å². The SMILES string of the molecule is Cl.Cn1ccnc1C(NCC(O)COc1ccccc1)c1cccc(F)c1. The van der Waals surface area contributed by atoms with Gasteiger partial charge in [-0.1, -0.05) is 30.3 Å². The number of aryl methyl sites for hydroxylation is 1. The molecule has 144 valence electrons. The maximum absolute atomic E-state index is 13.7. The standard InChI is InChI=1S/C20H22FN3O2.ClH/c1-24-11-10-22-20(24)19(15-6-5-7-16(21)12-15)23-13-17(25)14-26-18-8-3-2-4-9-18;/h2-12,17,19,23,25H,13-14H2,1H3;1H. The normalized spacial score (nSPS) is 12.9. The molecule has 3 rings (SSSR count). The van der Waals surface area contributed by atoms with Crippen LogP contribution < -0.4 is 10.1 Å². The van der Waals surface area contributed by atoms with Gasteiger partial charge in [-0.15, -0.1) is 12.4 Å². The van der Waals surface area contributed by atoms with Gasteiger partial charge in [0.1, 0.15) is 30.1 Å². The molecule has 0 radical (unpaired) electrons. The van der Waals surface area contributed by atoms with Crippen molar-refractivity contribution < 1.29 is 14.2 Å². The van der Waals surface area contributed by atoms with Gasteiger partial charge in [0.2, 0.25) is 0 Å². The Morgan fingerprint density at radius 2 is 1.96 bits per heavy atom. The van der Waals surface area contributed by atoms with Gasteiger partial charge in [-0.3, -0.25) is 0 Å². The van der Waals surface area contributed by atoms with E-state index in [0.717, 1.165) is 11.4 Å². The quantitative estimate of drug-likeness (QED) is 0.619. The predicted molar refractivity (Wildman–Crippen MR) is 105 cm³/mol. The van der Waals surface area contributed by atoms with E-state index in [1.165, 1.54) is 12.1 Å². The molecule has 0 amide bonds. The molecule has 0 saturated heterocycles. The number of aliphatic hydroxyl groups is 1. The molecule has 2 N–H and O–H groups in total. The Morgan fingerprint density at radius 3 is 2.63 bits per heavy atom. The molecule has 0 saturated carbocycles. The Morgan fingerprint density at radius 1 is 1.19 bits per heavy atom. The van der Waals surface area contributed by atoms with Gasteiger partial charge in [0, 0.05) is 26.0 Å². The van der Waals surface area contributed by atoms with Gasteiger partial charge in [-0.2, -0.15) is 0 Å². The Balaban J connectivity index is 0.00000261. The van der Waals surface area contributed by atoms with Crippen LogP contribution in [0.4, 0.5) is 4.39 Å². The third-order valence-corrected chi connectivity index (χ3v) is 4.04. The van der Waals surface area contributed by atoms with E-state index in [-0.39, 0.29) is 37.4 Å². The Hall–Kier alpha value is -2.41. The molecule has 1 aromatic heterocycles. The van der Waals surface area contributed by atoms with E-state index in [2.05, 4.69) is 10.3 Å². The number of rotatable bonds is 8. The summed E-state index contributed by atoms with van der Waals surface area (Å²) in [4.78, 5) is 4.36. The second-order valence-corrected chi connectivity index (χ2v) is 6.07. The lowest BCUT2D eigenvalue weighted by Gasteiger charge is -2.21. The largest absolute Gasteiger partial charge is 0.491 e. The Kier molecular flexibility index (Phi) is 7.79. The molecule has 0 bridgehead atoms. The summed E-state index contributed by atoms with van der Waals surface area (Å²) in [5, 5.41) is 13.5. The van der Waals surface area contributed by atoms with Crippen molar-refractivity contribution >= 4 is 12.4 Å². The summed E-state index contributed by atoms with van der Waals surface area (Å²) in [5.74, 6) is 1.14. The highest BCUT2D eigenvalue weighted by Crippen LogP contribution is 2.21. The van der Waals surface area contributed by atoms with Gasteiger partial charge in [0.05, 0.1) is 6.04 Å². The fourth-order valence-electron chi connectivity index (χ4n) is 2.72. The van der Waals surface area contributed by atoms with E-state index >= 15 is 0 Å². The number of hydrogen-bond acceptors (Lipinski definition) is 4. The summed E-state index contributed by atoms with van der Waals surface area (Å²) < 4.78 is 21.1. The first-order valence-corrected chi connectivity index (χ1v) is 8.45. The van der Waals surface area contributed by atoms with E-state index in [4.69, 9.17) is 4.74 Å². The molecule has 0 aliphatic rings. The third kappa shape index (κ3) is 5.79. The minimum Gasteiger partial charge on any atom is -0.491 e. The molecule has 2 aromatic carbocycles. The van der Waals surface area contributed by atoms with Crippen LogP contribution in [0.25, 0.3) is 0 Å². The van der Waals surface area contributed by atoms with Crippen molar-refractivity contribution in [2.45, 2.75) is 12.1 Å². The zero-order valence-electron chi connectivity index (χ0n) is 15.0. The lowest BCUT2D eigenvalue weighted by Crippen LogP contribution is -2.35. The van der Waals surface area contributed by atoms with E-state index in [1.54, 1.807) is 12.3 Å². The molecule has 0 aliphatic heterocycles. The van der Waals surface area contributed by atoms with Crippen molar-refractivity contribution in [3.05, 3.63) is 84.2 Å². The Bertz CT molecular complexity index is 829. The third-order valence-electron chi connectivity index (χ3n) is 4.04. The second kappa shape index (κ2) is 10.1. The molecule has 2 unspecified atom stereocenters. The lowest BCUT2D eigenvalue weighted by atomic mass is 10.1. The first-order chi connectivity index (χ1) is 12.6. The second-order valence-electron chi connectivity index (χ2n) is 6.07. The zero-order valence-corrected chi connectivity index (χ0v) is 15.8. The predicted octanol–water partition coefficient (Wildman–Crippen LogP) is 3.10. The number of benzene rings is 2. The molecule has 5 nitrogen and oxygen atoms in total. The van der Waals surface area contributed by atoms with E-state index < -0.39 is 6.10 Å². The maximum Gasteiger partial charge on any atom is 0.130 e. The molecule has 0 spiro atoms. The summed E-state index contributed by atoms with van der Waals surface area (Å²) >= 11 is 0. The highest BCUT2D eigenvalue weighted by Gasteiger charge is 2.20. The first-order valence-electron chi connectivity index (χ1n) is 8.45. The van der Waals surface area contributed by atoms with Crippen LogP contribution in [0.1, 0.15) is 17.4 Å². The molecule has 3 aromatic rings. The van der Waals surface area contributed by atoms with Crippen molar-refractivity contribution in [2.75, 3.05) is 13.2 Å². The number of imidazole rings is 1. The van der Waals surface area contributed by atoms with E-state index in [0.29, 0.717) is 5.75 Å². The number of aromatic nitrogens is 2. The van der Waals surface area contributed by atoms with E-state index in [1.807, 2.05) is 54.2 Å². The molecule has 1 heterocycles. The number of aliphatic hydroxyl groups excluding tert-OH is 1. The summed E-state index contributed by atoms with van der Waals surface area (Å²) in [7, 11) is 1.88. The summed E-state index contributed by atoms with van der Waals surface area (Å²) in [6.45, 7) is 0.439. The number of para-hydroxylation sites is 1. The van der Waals surface area contributed by atoms with Gasteiger partial charge < -0.3 is 19.7 Å². The van der Waals surface area contributed by atoms with Crippen molar-refractivity contribution in [3.63, 3.8) is 0 Å². The molecular formula is C20H23ClFN3O2. The van der Waals surface area contributed by atoms with Crippen LogP contribution in [0.5, 0.6) is 5.75 Å². The highest BCUT2D eigenvalue weighted by atomic mass is 35.5. The van der Waals surface area contributed by atoms with Gasteiger partial charge in [0.15, 0.2) is 0 Å². The van der Waals surface area contributed by atoms with Crippen molar-refractivity contribution in [3.8, 4) is 5.75 Å². The van der Waals surface area contributed by atoms with Crippen LogP contribution >= 0.6 is 12.4 Å². The molecule has 7 heteroatoms. The summed E-state index contributed by atoms with van der Waals surface area (Å²) in [5.41, 5.74) is 0.746. The Labute approximate surface area is 164 Å². The van der Waals surface area contributed by atoms with Gasteiger partial charge in [0.25, 0.3) is 0 Å². The minimum atomic E-state index is -0.716. The first kappa shape index (κ1) is 20.9. The van der Waals surface area contributed by atoms with Crippen molar-refractivity contribution in [1.82, 2.24) is 14.9 Å². The summed E-state index contributed by atoms with van der Waals surface area (Å²) in [6, 6.07) is 15.4. The van der Waals surface area contributed by atoms with Crippen LogP contribution in [0, 0.1) is 5.82 Å². The number of nitrogens with zero attached hydrogens (tertiary/aromatic N) is 2. The zero-order chi connectivity index (χ0) is 18.4. The number of nitrogens with one attached hydrogen (secondary N) is 1. The minimum absolute atomic E-state index is 0. The van der Waals surface area contributed by atoms with Crippen LogP contribution in [0.3, 0.4) is 0 Å². The van der Waals surface area contributed by atoms with Gasteiger partial charge in [-0.25, -0.2) is 9.37 Å². The number of ether oxygens (including phenoxy) is 1.